The van der Waals surface area contributed by atoms with E-state index in [-0.39, 0.29) is 11.4 Å². The summed E-state index contributed by atoms with van der Waals surface area (Å²) in [5.41, 5.74) is 12.6. The maximum atomic E-state index is 11.8. The monoisotopic (exact) mass is 263 g/mol. The van der Waals surface area contributed by atoms with Crippen molar-refractivity contribution in [3.63, 3.8) is 0 Å². The Balaban J connectivity index is 2.67. The van der Waals surface area contributed by atoms with Crippen LogP contribution in [0.25, 0.3) is 0 Å². The molecule has 0 fully saturated rings. The number of aryl methyl sites for hydroxylation is 1. The average Bonchev–Trinajstić information content (AvgIpc) is 2.28. The van der Waals surface area contributed by atoms with Crippen LogP contribution in [-0.4, -0.2) is 17.4 Å². The average molecular weight is 263 g/mol. The van der Waals surface area contributed by atoms with E-state index in [1.165, 1.54) is 0 Å². The van der Waals surface area contributed by atoms with E-state index in [2.05, 4.69) is 5.32 Å². The van der Waals surface area contributed by atoms with Gasteiger partial charge in [0.2, 0.25) is 11.8 Å². The summed E-state index contributed by atoms with van der Waals surface area (Å²) in [6.07, 6.45) is 0.970. The summed E-state index contributed by atoms with van der Waals surface area (Å²) in [5.74, 6) is -0.570. The van der Waals surface area contributed by atoms with Crippen molar-refractivity contribution in [3.05, 3.63) is 29.3 Å². The van der Waals surface area contributed by atoms with E-state index in [9.17, 15) is 9.59 Å². The fourth-order valence-electron chi connectivity index (χ4n) is 1.61. The number of anilines is 1. The number of rotatable bonds is 5. The maximum Gasteiger partial charge on any atom is 0.248 e. The Labute approximate surface area is 113 Å². The summed E-state index contributed by atoms with van der Waals surface area (Å²) in [4.78, 5) is 22.8. The minimum atomic E-state index is -0.481. The molecule has 0 atom stereocenters. The van der Waals surface area contributed by atoms with E-state index in [1.54, 1.807) is 18.2 Å². The van der Waals surface area contributed by atoms with Crippen LogP contribution in [0.3, 0.4) is 0 Å². The molecule has 2 amide bonds. The summed E-state index contributed by atoms with van der Waals surface area (Å²) in [7, 11) is 0. The van der Waals surface area contributed by atoms with E-state index < -0.39 is 5.91 Å². The van der Waals surface area contributed by atoms with Crippen LogP contribution >= 0.6 is 0 Å². The largest absolute Gasteiger partial charge is 0.366 e. The van der Waals surface area contributed by atoms with Crippen molar-refractivity contribution < 1.29 is 9.59 Å². The minimum Gasteiger partial charge on any atom is -0.366 e. The van der Waals surface area contributed by atoms with Gasteiger partial charge in [0.05, 0.1) is 0 Å². The molecule has 5 N–H and O–H groups in total. The lowest BCUT2D eigenvalue weighted by Crippen LogP contribution is -2.33. The second-order valence-corrected chi connectivity index (χ2v) is 5.43. The Morgan fingerprint density at radius 2 is 1.95 bits per heavy atom. The van der Waals surface area contributed by atoms with Crippen molar-refractivity contribution >= 4 is 17.5 Å². The Morgan fingerprint density at radius 1 is 1.32 bits per heavy atom. The zero-order chi connectivity index (χ0) is 14.6. The van der Waals surface area contributed by atoms with E-state index in [1.807, 2.05) is 20.8 Å². The third-order valence-electron chi connectivity index (χ3n) is 2.78. The normalized spacial score (nSPS) is 11.2. The first-order valence-corrected chi connectivity index (χ1v) is 6.18. The molecule has 5 nitrogen and oxygen atoms in total. The highest BCUT2D eigenvalue weighted by atomic mass is 16.2. The fraction of sp³-hybridized carbons (Fsp3) is 0.429. The molecule has 0 spiro atoms. The predicted molar refractivity (Wildman–Crippen MR) is 75.8 cm³/mol. The summed E-state index contributed by atoms with van der Waals surface area (Å²) in [6.45, 7) is 5.58. The molecule has 0 aliphatic carbocycles. The fourth-order valence-corrected chi connectivity index (χ4v) is 1.61. The number of nitrogens with two attached hydrogens (primary N) is 2. The van der Waals surface area contributed by atoms with Crippen LogP contribution in [-0.2, 0) is 4.79 Å². The van der Waals surface area contributed by atoms with E-state index in [0.29, 0.717) is 24.1 Å². The van der Waals surface area contributed by atoms with Crippen LogP contribution in [0.5, 0.6) is 0 Å². The van der Waals surface area contributed by atoms with Gasteiger partial charge in [-0.05, 0) is 51.0 Å². The van der Waals surface area contributed by atoms with Crippen LogP contribution in [0, 0.1) is 6.92 Å². The number of amides is 2. The minimum absolute atomic E-state index is 0.0894. The van der Waals surface area contributed by atoms with Gasteiger partial charge in [-0.15, -0.1) is 0 Å². The Hall–Kier alpha value is -1.88. The topological polar surface area (TPSA) is 98.2 Å². The second kappa shape index (κ2) is 5.84. The second-order valence-electron chi connectivity index (χ2n) is 5.43. The van der Waals surface area contributed by atoms with Crippen molar-refractivity contribution in [3.8, 4) is 0 Å². The third kappa shape index (κ3) is 5.09. The smallest absolute Gasteiger partial charge is 0.248 e. The van der Waals surface area contributed by atoms with Gasteiger partial charge >= 0.3 is 0 Å². The summed E-state index contributed by atoms with van der Waals surface area (Å²) in [5, 5.41) is 2.80. The van der Waals surface area contributed by atoms with Crippen LogP contribution in [0.15, 0.2) is 18.2 Å². The molecule has 0 saturated carbocycles. The van der Waals surface area contributed by atoms with Crippen molar-refractivity contribution in [2.24, 2.45) is 11.5 Å². The van der Waals surface area contributed by atoms with E-state index >= 15 is 0 Å². The van der Waals surface area contributed by atoms with Gasteiger partial charge in [0.15, 0.2) is 0 Å². The summed E-state index contributed by atoms with van der Waals surface area (Å²) < 4.78 is 0. The molecule has 5 heteroatoms. The molecule has 0 aliphatic heterocycles. The number of carbonyl (C=O) groups excluding carboxylic acids is 2. The van der Waals surface area contributed by atoms with Gasteiger partial charge in [-0.2, -0.15) is 0 Å². The molecule has 19 heavy (non-hydrogen) atoms. The van der Waals surface area contributed by atoms with Crippen molar-refractivity contribution in [1.82, 2.24) is 0 Å². The molecule has 0 bridgehead atoms. The SMILES string of the molecule is Cc1cc(C(N)=O)ccc1NC(=O)CCC(C)(C)N. The lowest BCUT2D eigenvalue weighted by molar-refractivity contribution is -0.116. The van der Waals surface area contributed by atoms with E-state index in [0.717, 1.165) is 5.56 Å². The quantitative estimate of drug-likeness (QED) is 0.751. The van der Waals surface area contributed by atoms with Crippen molar-refractivity contribution in [2.75, 3.05) is 5.32 Å². The standard InChI is InChI=1S/C14H21N3O2/c1-9-8-10(13(15)19)4-5-11(9)17-12(18)6-7-14(2,3)16/h4-5,8H,6-7,16H2,1-3H3,(H2,15,19)(H,17,18). The van der Waals surface area contributed by atoms with Gasteiger partial charge < -0.3 is 16.8 Å². The summed E-state index contributed by atoms with van der Waals surface area (Å²) >= 11 is 0. The first-order valence-electron chi connectivity index (χ1n) is 6.18. The molecule has 0 saturated heterocycles. The van der Waals surface area contributed by atoms with Gasteiger partial charge in [-0.25, -0.2) is 0 Å². The lowest BCUT2D eigenvalue weighted by atomic mass is 10.00. The van der Waals surface area contributed by atoms with Gasteiger partial charge in [-0.3, -0.25) is 9.59 Å². The van der Waals surface area contributed by atoms with Crippen molar-refractivity contribution in [2.45, 2.75) is 39.2 Å². The van der Waals surface area contributed by atoms with Crippen LogP contribution in [0.4, 0.5) is 5.69 Å². The predicted octanol–water partition coefficient (Wildman–Crippen LogP) is 1.55. The molecule has 104 valence electrons. The van der Waals surface area contributed by atoms with Crippen LogP contribution in [0.1, 0.15) is 42.6 Å². The molecule has 1 rings (SSSR count). The maximum absolute atomic E-state index is 11.8. The zero-order valence-electron chi connectivity index (χ0n) is 11.6. The molecule has 1 aromatic rings. The highest BCUT2D eigenvalue weighted by molar-refractivity contribution is 5.95. The number of carbonyl (C=O) groups is 2. The molecular weight excluding hydrogens is 242 g/mol. The molecule has 0 radical (unpaired) electrons. The Bertz CT molecular complexity index is 490. The van der Waals surface area contributed by atoms with Crippen LogP contribution < -0.4 is 16.8 Å². The molecule has 0 aliphatic rings. The molecular formula is C14H21N3O2. The molecule has 0 unspecified atom stereocenters. The van der Waals surface area contributed by atoms with Gasteiger partial charge in [0, 0.05) is 23.2 Å². The lowest BCUT2D eigenvalue weighted by Gasteiger charge is -2.18. The Morgan fingerprint density at radius 3 is 2.42 bits per heavy atom. The number of primary amides is 1. The molecule has 0 aromatic heterocycles. The first kappa shape index (κ1) is 15.2. The molecule has 1 aromatic carbocycles. The highest BCUT2D eigenvalue weighted by Crippen LogP contribution is 2.17. The number of hydrogen-bond acceptors (Lipinski definition) is 3. The number of benzene rings is 1. The zero-order valence-corrected chi connectivity index (χ0v) is 11.6. The van der Waals surface area contributed by atoms with Gasteiger partial charge in [0.25, 0.3) is 0 Å². The highest BCUT2D eigenvalue weighted by Gasteiger charge is 2.14. The first-order chi connectivity index (χ1) is 8.69. The van der Waals surface area contributed by atoms with Gasteiger partial charge in [-0.1, -0.05) is 0 Å². The van der Waals surface area contributed by atoms with Crippen LogP contribution in [0.2, 0.25) is 0 Å². The number of hydrogen-bond donors (Lipinski definition) is 3. The van der Waals surface area contributed by atoms with Crippen molar-refractivity contribution in [1.29, 1.82) is 0 Å². The van der Waals surface area contributed by atoms with E-state index in [4.69, 9.17) is 11.5 Å². The summed E-state index contributed by atoms with van der Waals surface area (Å²) in [6, 6.07) is 4.93. The third-order valence-corrected chi connectivity index (χ3v) is 2.78. The van der Waals surface area contributed by atoms with Gasteiger partial charge in [0.1, 0.15) is 0 Å². The number of nitrogens with one attached hydrogen (secondary N) is 1. The molecule has 0 heterocycles. The Kier molecular flexibility index (Phi) is 4.67.